The van der Waals surface area contributed by atoms with Crippen LogP contribution in [0.3, 0.4) is 0 Å². The van der Waals surface area contributed by atoms with Crippen molar-refractivity contribution in [3.05, 3.63) is 99.1 Å². The molecule has 3 saturated carbocycles. The minimum Gasteiger partial charge on any atom is -0.507 e. The van der Waals surface area contributed by atoms with Crippen LogP contribution in [0.1, 0.15) is 148 Å². The van der Waals surface area contributed by atoms with Crippen LogP contribution < -0.4 is 10.1 Å². The summed E-state index contributed by atoms with van der Waals surface area (Å²) in [4.78, 5) is 43.0. The zero-order valence-corrected chi connectivity index (χ0v) is 38.3. The van der Waals surface area contributed by atoms with Crippen molar-refractivity contribution in [3.63, 3.8) is 0 Å². The quantitative estimate of drug-likeness (QED) is 0.0780. The van der Waals surface area contributed by atoms with Crippen molar-refractivity contribution < 1.29 is 49.4 Å². The monoisotopic (exact) mass is 899 g/mol. The zero-order chi connectivity index (χ0) is 46.3. The summed E-state index contributed by atoms with van der Waals surface area (Å²) in [7, 11) is 0. The van der Waals surface area contributed by atoms with Gasteiger partial charge in [-0.3, -0.25) is 9.59 Å². The summed E-state index contributed by atoms with van der Waals surface area (Å²) >= 11 is 0. The van der Waals surface area contributed by atoms with Gasteiger partial charge < -0.3 is 40.3 Å². The number of ether oxygens (including phenoxy) is 2. The number of aliphatic hydroxyl groups excluding tert-OH is 3. The maximum atomic E-state index is 15.4. The normalized spacial score (nSPS) is 31.4. The van der Waals surface area contributed by atoms with Crippen molar-refractivity contribution in [1.82, 2.24) is 0 Å². The highest BCUT2D eigenvalue weighted by atomic mass is 16.6. The minimum atomic E-state index is -1.60. The summed E-state index contributed by atoms with van der Waals surface area (Å²) in [6.45, 7) is 3.67. The maximum Gasteiger partial charge on any atom is 0.334 e. The Hall–Kier alpha value is -4.99. The molecular weight excluding hydrogens is 835 g/mol. The highest BCUT2D eigenvalue weighted by Crippen LogP contribution is 2.56. The first kappa shape index (κ1) is 46.1. The number of carbonyl (C=O) groups excluding carboxylic acids is 3. The molecule has 0 radical (unpaired) electrons. The van der Waals surface area contributed by atoms with E-state index >= 15 is 4.79 Å². The van der Waals surface area contributed by atoms with Crippen molar-refractivity contribution in [2.75, 3.05) is 11.9 Å². The first-order valence-electron chi connectivity index (χ1n) is 24.5. The van der Waals surface area contributed by atoms with Crippen LogP contribution in [0.15, 0.2) is 60.2 Å². The molecule has 66 heavy (non-hydrogen) atoms. The Morgan fingerprint density at radius 1 is 0.894 bits per heavy atom. The third-order valence-corrected chi connectivity index (χ3v) is 15.9. The number of rotatable bonds is 7. The maximum absolute atomic E-state index is 15.4. The van der Waals surface area contributed by atoms with Crippen LogP contribution in [0.25, 0.3) is 0 Å². The lowest BCUT2D eigenvalue weighted by Gasteiger charge is -2.56. The molecule has 3 aliphatic heterocycles. The smallest absolute Gasteiger partial charge is 0.334 e. The summed E-state index contributed by atoms with van der Waals surface area (Å²) in [5.41, 5.74) is 3.95. The van der Waals surface area contributed by atoms with Gasteiger partial charge in [0.25, 0.3) is 0 Å². The fourth-order valence-corrected chi connectivity index (χ4v) is 12.7. The number of aromatic hydroxyl groups is 1. The van der Waals surface area contributed by atoms with Gasteiger partial charge in [-0.1, -0.05) is 74.8 Å². The van der Waals surface area contributed by atoms with Crippen LogP contribution in [0.4, 0.5) is 5.69 Å². The van der Waals surface area contributed by atoms with Gasteiger partial charge in [-0.05, 0) is 128 Å². The third-order valence-electron chi connectivity index (χ3n) is 15.9. The number of hydrogen-bond acceptors (Lipinski definition) is 11. The summed E-state index contributed by atoms with van der Waals surface area (Å²) in [6.07, 6.45) is 6.39. The standard InChI is InChI=1S/C55H65NO10/c1-3-41-14-15-44-46-22-33-9-7-8-32(18-33)21-43(59)25-40-23-36(38-19-34(30-57)20-42(24-38)56-29-31(2)58)12-13-37-28-50(61)66-53-45(37)26-39(52(62)51(53)35-10-5-4-6-11-35)27-49(65-54(40)63)55(41,64)47(44)16-17-48(46)60/h7-9,18-20,24-26,31,35-37,41,43-44,46-47,49,56-59,62,64H,3-6,10-11,14-17,21-23,27-30H2,1-2H3/b40-25-/t31-,36+,37-,41-,43-,44-,46-,47+,49+,55-/m0/s1. The van der Waals surface area contributed by atoms with E-state index in [-0.39, 0.29) is 86.0 Å². The Labute approximate surface area is 388 Å². The van der Waals surface area contributed by atoms with Crippen LogP contribution in [0, 0.1) is 35.5 Å². The Morgan fingerprint density at radius 2 is 1.67 bits per heavy atom. The average Bonchev–Trinajstić information content (AvgIpc) is 3.30. The topological polar surface area (TPSA) is 183 Å². The second kappa shape index (κ2) is 19.3. The van der Waals surface area contributed by atoms with Gasteiger partial charge in [0.2, 0.25) is 0 Å². The predicted molar refractivity (Wildman–Crippen MR) is 249 cm³/mol. The first-order chi connectivity index (χ1) is 31.8. The number of phenolic OH excluding ortho intramolecular Hbond substituents is 1. The third kappa shape index (κ3) is 9.19. The molecule has 0 saturated heterocycles. The molecule has 3 aliphatic carbocycles. The molecule has 10 bridgehead atoms. The van der Waals surface area contributed by atoms with Gasteiger partial charge in [-0.2, -0.15) is 0 Å². The predicted octanol–water partition coefficient (Wildman–Crippen LogP) is 7.61. The second-order valence-electron chi connectivity index (χ2n) is 20.2. The Balaban J connectivity index is 1.28. The van der Waals surface area contributed by atoms with E-state index in [0.29, 0.717) is 64.9 Å². The van der Waals surface area contributed by atoms with E-state index in [9.17, 15) is 35.1 Å². The van der Waals surface area contributed by atoms with Crippen LogP contribution in [0.5, 0.6) is 11.5 Å². The van der Waals surface area contributed by atoms with Crippen molar-refractivity contribution in [2.45, 2.75) is 158 Å². The van der Waals surface area contributed by atoms with Crippen molar-refractivity contribution >= 4 is 23.4 Å². The van der Waals surface area contributed by atoms with Gasteiger partial charge in [0.1, 0.15) is 29.0 Å². The number of fused-ring (bicyclic) bond motifs is 7. The molecular formula is C55H65NO10. The fraction of sp³-hybridized carbons (Fsp3) is 0.545. The molecule has 350 valence electrons. The fourth-order valence-electron chi connectivity index (χ4n) is 12.7. The molecule has 0 amide bonds. The van der Waals surface area contributed by atoms with Gasteiger partial charge in [-0.15, -0.1) is 0 Å². The molecule has 3 aromatic carbocycles. The van der Waals surface area contributed by atoms with E-state index in [1.165, 1.54) is 6.08 Å². The summed E-state index contributed by atoms with van der Waals surface area (Å²) in [5, 5.41) is 62.2. The number of benzene rings is 3. The number of esters is 2. The number of carbonyl (C=O) groups is 3. The summed E-state index contributed by atoms with van der Waals surface area (Å²) in [5.74, 6) is 3.52. The van der Waals surface area contributed by atoms with E-state index in [1.807, 2.05) is 49.4 Å². The SMILES string of the molecule is CC[C@H]1CC[C@H]2[C@@H]3Cc4cccc(c4)C[C@H](O)/C=C4/C[C@H](c5cc(CO)cc(NC[C@H](C)O)c5)C#C[C@H]5CC(=O)Oc6c5cc(c(O)c6C5CCCCC5)C[C@@H](OC4=O)[C@@]1(O)[C@@H]2CCC3=O. The molecule has 3 aromatic rings. The highest BCUT2D eigenvalue weighted by Gasteiger charge is 2.59. The lowest BCUT2D eigenvalue weighted by Crippen LogP contribution is -2.63. The average molecular weight is 900 g/mol. The molecule has 6 aliphatic rings. The molecule has 6 N–H and O–H groups in total. The molecule has 11 heteroatoms. The van der Waals surface area contributed by atoms with E-state index in [0.717, 1.165) is 49.7 Å². The zero-order valence-electron chi connectivity index (χ0n) is 38.3. The van der Waals surface area contributed by atoms with Crippen LogP contribution in [0.2, 0.25) is 0 Å². The molecule has 11 nitrogen and oxygen atoms in total. The van der Waals surface area contributed by atoms with Gasteiger partial charge in [0.15, 0.2) is 0 Å². The van der Waals surface area contributed by atoms with Crippen LogP contribution in [-0.4, -0.2) is 73.7 Å². The largest absolute Gasteiger partial charge is 0.507 e. The Morgan fingerprint density at radius 3 is 2.42 bits per heavy atom. The van der Waals surface area contributed by atoms with E-state index in [4.69, 9.17) is 9.47 Å². The molecule has 3 fully saturated rings. The lowest BCUT2D eigenvalue weighted by atomic mass is 9.53. The molecule has 0 aromatic heterocycles. The first-order valence-corrected chi connectivity index (χ1v) is 24.5. The summed E-state index contributed by atoms with van der Waals surface area (Å²) < 4.78 is 12.9. The van der Waals surface area contributed by atoms with Crippen molar-refractivity contribution in [3.8, 4) is 23.3 Å². The van der Waals surface area contributed by atoms with Crippen LogP contribution in [-0.2, 0) is 45.0 Å². The van der Waals surface area contributed by atoms with E-state index in [1.54, 1.807) is 13.0 Å². The van der Waals surface area contributed by atoms with Crippen molar-refractivity contribution in [1.29, 1.82) is 0 Å². The molecule has 9 rings (SSSR count). The van der Waals surface area contributed by atoms with Gasteiger partial charge >= 0.3 is 11.9 Å². The number of ketones is 1. The number of aliphatic hydroxyl groups is 4. The minimum absolute atomic E-state index is 0.0223. The Bertz CT molecular complexity index is 2440. The number of phenols is 1. The van der Waals surface area contributed by atoms with Crippen molar-refractivity contribution in [2.24, 2.45) is 23.7 Å². The van der Waals surface area contributed by atoms with Gasteiger partial charge in [-0.25, -0.2) is 4.79 Å². The van der Waals surface area contributed by atoms with Crippen LogP contribution >= 0.6 is 0 Å². The Kier molecular flexibility index (Phi) is 13.5. The number of hydrogen-bond donors (Lipinski definition) is 6. The van der Waals surface area contributed by atoms with E-state index in [2.05, 4.69) is 17.2 Å². The van der Waals surface area contributed by atoms with Gasteiger partial charge in [0.05, 0.1) is 31.2 Å². The summed E-state index contributed by atoms with van der Waals surface area (Å²) in [6, 6.07) is 15.3. The molecule has 0 spiro atoms. The number of anilines is 1. The number of nitrogens with one attached hydrogen (secondary N) is 1. The van der Waals surface area contributed by atoms with E-state index < -0.39 is 53.6 Å². The molecule has 10 atom stereocenters. The molecule has 3 heterocycles. The van der Waals surface area contributed by atoms with Gasteiger partial charge in [0, 0.05) is 60.0 Å². The highest BCUT2D eigenvalue weighted by molar-refractivity contribution is 5.89. The second-order valence-corrected chi connectivity index (χ2v) is 20.2. The molecule has 0 unspecified atom stereocenters. The lowest BCUT2D eigenvalue weighted by molar-refractivity contribution is -0.212. The number of Topliss-reactive ketones (excluding diaryl/α,β-unsaturated/α-hetero) is 1.